The SMILES string of the molecule is CC1(C)c2cc(Cl)ccc2-c2c(-c3ccccc3)cccc21. The molecule has 3 aromatic carbocycles. The highest BCUT2D eigenvalue weighted by molar-refractivity contribution is 6.30. The molecule has 1 aliphatic carbocycles. The van der Waals surface area contributed by atoms with Crippen molar-refractivity contribution in [2.75, 3.05) is 0 Å². The summed E-state index contributed by atoms with van der Waals surface area (Å²) in [7, 11) is 0. The molecule has 0 spiro atoms. The van der Waals surface area contributed by atoms with Crippen molar-refractivity contribution in [1.82, 2.24) is 0 Å². The van der Waals surface area contributed by atoms with Crippen LogP contribution >= 0.6 is 11.6 Å². The van der Waals surface area contributed by atoms with Crippen molar-refractivity contribution in [1.29, 1.82) is 0 Å². The molecule has 0 radical (unpaired) electrons. The third kappa shape index (κ3) is 1.84. The molecule has 0 amide bonds. The van der Waals surface area contributed by atoms with E-state index in [9.17, 15) is 0 Å². The monoisotopic (exact) mass is 304 g/mol. The first-order chi connectivity index (χ1) is 10.6. The van der Waals surface area contributed by atoms with E-state index in [-0.39, 0.29) is 5.41 Å². The topological polar surface area (TPSA) is 0 Å². The molecule has 22 heavy (non-hydrogen) atoms. The third-order valence-corrected chi connectivity index (χ3v) is 4.98. The second-order valence-corrected chi connectivity index (χ2v) is 6.85. The summed E-state index contributed by atoms with van der Waals surface area (Å²) >= 11 is 6.25. The molecular formula is C21H17Cl. The molecule has 0 heterocycles. The molecule has 1 heteroatoms. The number of hydrogen-bond donors (Lipinski definition) is 0. The summed E-state index contributed by atoms with van der Waals surface area (Å²) in [6.45, 7) is 4.56. The lowest BCUT2D eigenvalue weighted by molar-refractivity contribution is 0.660. The highest BCUT2D eigenvalue weighted by atomic mass is 35.5. The predicted octanol–water partition coefficient (Wildman–Crippen LogP) is 6.31. The van der Waals surface area contributed by atoms with E-state index in [0.717, 1.165) is 5.02 Å². The maximum Gasteiger partial charge on any atom is 0.0409 e. The Hall–Kier alpha value is -2.05. The fraction of sp³-hybridized carbons (Fsp3) is 0.143. The van der Waals surface area contributed by atoms with Crippen molar-refractivity contribution >= 4 is 11.6 Å². The summed E-state index contributed by atoms with van der Waals surface area (Å²) in [5.41, 5.74) is 7.91. The summed E-state index contributed by atoms with van der Waals surface area (Å²) < 4.78 is 0. The first kappa shape index (κ1) is 13.6. The van der Waals surface area contributed by atoms with E-state index in [0.29, 0.717) is 0 Å². The third-order valence-electron chi connectivity index (χ3n) is 4.75. The van der Waals surface area contributed by atoms with Gasteiger partial charge in [-0.2, -0.15) is 0 Å². The number of hydrogen-bond acceptors (Lipinski definition) is 0. The van der Waals surface area contributed by atoms with Gasteiger partial charge in [-0.1, -0.05) is 80.0 Å². The molecule has 3 aromatic rings. The Balaban J connectivity index is 2.07. The summed E-state index contributed by atoms with van der Waals surface area (Å²) in [4.78, 5) is 0. The van der Waals surface area contributed by atoms with Crippen molar-refractivity contribution in [3.05, 3.63) is 82.9 Å². The van der Waals surface area contributed by atoms with Crippen LogP contribution in [0.5, 0.6) is 0 Å². The van der Waals surface area contributed by atoms with Gasteiger partial charge >= 0.3 is 0 Å². The molecule has 0 saturated carbocycles. The van der Waals surface area contributed by atoms with Crippen LogP contribution in [-0.4, -0.2) is 0 Å². The van der Waals surface area contributed by atoms with Gasteiger partial charge in [-0.25, -0.2) is 0 Å². The summed E-state index contributed by atoms with van der Waals surface area (Å²) in [6.07, 6.45) is 0. The Bertz CT molecular complexity index is 860. The minimum absolute atomic E-state index is 0.0135. The van der Waals surface area contributed by atoms with Gasteiger partial charge < -0.3 is 0 Å². The fourth-order valence-electron chi connectivity index (χ4n) is 3.62. The molecule has 108 valence electrons. The molecule has 0 N–H and O–H groups in total. The normalized spacial score (nSPS) is 14.5. The van der Waals surface area contributed by atoms with Crippen LogP contribution in [0.3, 0.4) is 0 Å². The maximum atomic E-state index is 6.25. The van der Waals surface area contributed by atoms with Crippen molar-refractivity contribution < 1.29 is 0 Å². The Kier molecular flexibility index (Phi) is 2.92. The van der Waals surface area contributed by atoms with Gasteiger partial charge in [-0.05, 0) is 45.5 Å². The molecule has 0 aliphatic heterocycles. The largest absolute Gasteiger partial charge is 0.0843 e. The standard InChI is InChI=1S/C21H17Cl/c1-21(2)18-10-6-9-16(14-7-4-3-5-8-14)20(18)17-12-11-15(22)13-19(17)21/h3-13H,1-2H3. The minimum atomic E-state index is -0.0135. The van der Waals surface area contributed by atoms with E-state index in [2.05, 4.69) is 74.5 Å². The van der Waals surface area contributed by atoms with Gasteiger partial charge in [0.2, 0.25) is 0 Å². The van der Waals surface area contributed by atoms with Crippen molar-refractivity contribution in [2.24, 2.45) is 0 Å². The second-order valence-electron chi connectivity index (χ2n) is 6.41. The van der Waals surface area contributed by atoms with Crippen LogP contribution < -0.4 is 0 Å². The number of fused-ring (bicyclic) bond motifs is 3. The maximum absolute atomic E-state index is 6.25. The van der Waals surface area contributed by atoms with Gasteiger partial charge in [0, 0.05) is 10.4 Å². The van der Waals surface area contributed by atoms with Gasteiger partial charge in [-0.15, -0.1) is 0 Å². The lowest BCUT2D eigenvalue weighted by atomic mass is 9.82. The van der Waals surface area contributed by atoms with Crippen LogP contribution in [0.15, 0.2) is 66.7 Å². The summed E-state index contributed by atoms with van der Waals surface area (Å²) in [5, 5.41) is 0.806. The average molecular weight is 305 g/mol. The van der Waals surface area contributed by atoms with Crippen LogP contribution in [0.4, 0.5) is 0 Å². The van der Waals surface area contributed by atoms with E-state index in [1.54, 1.807) is 0 Å². The molecule has 0 aromatic heterocycles. The van der Waals surface area contributed by atoms with Gasteiger partial charge in [0.05, 0.1) is 0 Å². The van der Waals surface area contributed by atoms with Crippen LogP contribution in [0, 0.1) is 0 Å². The lowest BCUT2D eigenvalue weighted by Crippen LogP contribution is -2.14. The molecule has 0 unspecified atom stereocenters. The van der Waals surface area contributed by atoms with Gasteiger partial charge in [0.1, 0.15) is 0 Å². The van der Waals surface area contributed by atoms with Crippen LogP contribution in [0.25, 0.3) is 22.3 Å². The average Bonchev–Trinajstić information content (AvgIpc) is 2.76. The first-order valence-corrected chi connectivity index (χ1v) is 7.96. The number of rotatable bonds is 1. The zero-order chi connectivity index (χ0) is 15.3. The predicted molar refractivity (Wildman–Crippen MR) is 94.5 cm³/mol. The Labute approximate surface area is 136 Å². The lowest BCUT2D eigenvalue weighted by Gasteiger charge is -2.21. The highest BCUT2D eigenvalue weighted by Gasteiger charge is 2.36. The molecule has 4 rings (SSSR count). The Morgan fingerprint density at radius 1 is 0.727 bits per heavy atom. The van der Waals surface area contributed by atoms with Crippen molar-refractivity contribution in [2.45, 2.75) is 19.3 Å². The van der Waals surface area contributed by atoms with Gasteiger partial charge in [-0.3, -0.25) is 0 Å². The molecule has 0 bridgehead atoms. The van der Waals surface area contributed by atoms with E-state index in [4.69, 9.17) is 11.6 Å². The Morgan fingerprint density at radius 2 is 1.50 bits per heavy atom. The second kappa shape index (κ2) is 4.72. The summed E-state index contributed by atoms with van der Waals surface area (Å²) in [6, 6.07) is 23.5. The summed E-state index contributed by atoms with van der Waals surface area (Å²) in [5.74, 6) is 0. The zero-order valence-corrected chi connectivity index (χ0v) is 13.5. The zero-order valence-electron chi connectivity index (χ0n) is 12.7. The Morgan fingerprint density at radius 3 is 2.27 bits per heavy atom. The molecule has 0 saturated heterocycles. The van der Waals surface area contributed by atoms with Crippen molar-refractivity contribution in [3.63, 3.8) is 0 Å². The van der Waals surface area contributed by atoms with Crippen LogP contribution in [0.2, 0.25) is 5.02 Å². The van der Waals surface area contributed by atoms with E-state index >= 15 is 0 Å². The number of halogens is 1. The minimum Gasteiger partial charge on any atom is -0.0843 e. The molecule has 0 fully saturated rings. The molecule has 0 nitrogen and oxygen atoms in total. The van der Waals surface area contributed by atoms with Crippen LogP contribution in [0.1, 0.15) is 25.0 Å². The fourth-order valence-corrected chi connectivity index (χ4v) is 3.79. The van der Waals surface area contributed by atoms with E-state index in [1.165, 1.54) is 33.4 Å². The first-order valence-electron chi connectivity index (χ1n) is 7.58. The van der Waals surface area contributed by atoms with Gasteiger partial charge in [0.25, 0.3) is 0 Å². The highest BCUT2D eigenvalue weighted by Crippen LogP contribution is 2.52. The molecular weight excluding hydrogens is 288 g/mol. The van der Waals surface area contributed by atoms with Crippen LogP contribution in [-0.2, 0) is 5.41 Å². The quantitative estimate of drug-likeness (QED) is 0.494. The van der Waals surface area contributed by atoms with E-state index in [1.807, 2.05) is 6.07 Å². The van der Waals surface area contributed by atoms with E-state index < -0.39 is 0 Å². The van der Waals surface area contributed by atoms with Gasteiger partial charge in [0.15, 0.2) is 0 Å². The number of benzene rings is 3. The molecule has 1 aliphatic rings. The smallest absolute Gasteiger partial charge is 0.0409 e. The molecule has 0 atom stereocenters. The van der Waals surface area contributed by atoms with Crippen molar-refractivity contribution in [3.8, 4) is 22.3 Å².